The summed E-state index contributed by atoms with van der Waals surface area (Å²) in [5.74, 6) is 0.885. The second-order valence-electron chi connectivity index (χ2n) is 9.20. The van der Waals surface area contributed by atoms with Crippen molar-refractivity contribution in [3.8, 4) is 22.5 Å². The van der Waals surface area contributed by atoms with Crippen LogP contribution in [0.3, 0.4) is 0 Å². The first-order valence-electron chi connectivity index (χ1n) is 12.6. The standard InChI is InChI=1S/C29H28FN3.C3H6/c1-2-19(18-31)24-13-15-27-28(17-24)33-29(32-27)25-14-12-23(16-26(25)30)22-10-8-21(9-11-22)20-6-4-3-5-7-20;1-3-2/h2,8-18,20H,1,3-7,31H2,(H,32,33);3H,1H2,2H3/b19-18+;. The number of hydrogen-bond acceptors (Lipinski definition) is 2. The lowest BCUT2D eigenvalue weighted by Gasteiger charge is -2.22. The molecule has 5 rings (SSSR count). The molecule has 36 heavy (non-hydrogen) atoms. The third kappa shape index (κ3) is 5.49. The molecule has 0 unspecified atom stereocenters. The Hall–Kier alpha value is -3.92. The molecule has 1 aliphatic rings. The number of allylic oxidation sites excluding steroid dienone is 3. The van der Waals surface area contributed by atoms with Gasteiger partial charge < -0.3 is 10.7 Å². The zero-order valence-electron chi connectivity index (χ0n) is 20.9. The van der Waals surface area contributed by atoms with Gasteiger partial charge in [-0.1, -0.05) is 74.4 Å². The Labute approximate surface area is 213 Å². The van der Waals surface area contributed by atoms with E-state index < -0.39 is 0 Å². The van der Waals surface area contributed by atoms with Crippen molar-refractivity contribution in [2.24, 2.45) is 5.73 Å². The molecule has 0 aliphatic heterocycles. The predicted octanol–water partition coefficient (Wildman–Crippen LogP) is 8.76. The summed E-state index contributed by atoms with van der Waals surface area (Å²) in [6, 6.07) is 19.8. The Balaban J connectivity index is 0.000000967. The smallest absolute Gasteiger partial charge is 0.141 e. The van der Waals surface area contributed by atoms with Crippen molar-refractivity contribution >= 4 is 16.6 Å². The van der Waals surface area contributed by atoms with Crippen LogP contribution < -0.4 is 5.73 Å². The van der Waals surface area contributed by atoms with Gasteiger partial charge in [-0.25, -0.2) is 9.37 Å². The van der Waals surface area contributed by atoms with Crippen LogP contribution >= 0.6 is 0 Å². The highest BCUT2D eigenvalue weighted by Crippen LogP contribution is 2.34. The number of hydrogen-bond donors (Lipinski definition) is 2. The van der Waals surface area contributed by atoms with Crippen molar-refractivity contribution in [2.75, 3.05) is 0 Å². The van der Waals surface area contributed by atoms with Gasteiger partial charge in [-0.05, 0) is 77.8 Å². The Kier molecular flexibility index (Phi) is 8.17. The fraction of sp³-hybridized carbons (Fsp3) is 0.219. The van der Waals surface area contributed by atoms with E-state index in [0.29, 0.717) is 17.3 Å². The monoisotopic (exact) mass is 479 g/mol. The lowest BCUT2D eigenvalue weighted by molar-refractivity contribution is 0.443. The summed E-state index contributed by atoms with van der Waals surface area (Å²) in [6.07, 6.45) is 11.5. The van der Waals surface area contributed by atoms with Gasteiger partial charge in [0.2, 0.25) is 0 Å². The van der Waals surface area contributed by atoms with Crippen LogP contribution in [0.1, 0.15) is 56.1 Å². The Morgan fingerprint density at radius 3 is 2.31 bits per heavy atom. The highest BCUT2D eigenvalue weighted by molar-refractivity contribution is 5.85. The van der Waals surface area contributed by atoms with E-state index in [1.807, 2.05) is 31.2 Å². The Morgan fingerprint density at radius 1 is 0.972 bits per heavy atom. The van der Waals surface area contributed by atoms with Gasteiger partial charge in [-0.2, -0.15) is 0 Å². The zero-order chi connectivity index (χ0) is 25.5. The molecule has 1 aromatic heterocycles. The molecule has 0 saturated heterocycles. The average Bonchev–Trinajstić information content (AvgIpc) is 3.34. The van der Waals surface area contributed by atoms with Gasteiger partial charge in [0.1, 0.15) is 11.6 Å². The molecule has 4 aromatic rings. The molecular weight excluding hydrogens is 445 g/mol. The van der Waals surface area contributed by atoms with Gasteiger partial charge in [-0.3, -0.25) is 0 Å². The number of H-pyrrole nitrogens is 1. The minimum Gasteiger partial charge on any atom is -0.404 e. The molecule has 3 N–H and O–H groups in total. The summed E-state index contributed by atoms with van der Waals surface area (Å²) >= 11 is 0. The maximum absolute atomic E-state index is 15.1. The second-order valence-corrected chi connectivity index (χ2v) is 9.20. The van der Waals surface area contributed by atoms with Crippen molar-refractivity contribution in [1.29, 1.82) is 0 Å². The van der Waals surface area contributed by atoms with E-state index in [0.717, 1.165) is 33.3 Å². The van der Waals surface area contributed by atoms with E-state index in [2.05, 4.69) is 47.4 Å². The fourth-order valence-electron chi connectivity index (χ4n) is 4.87. The van der Waals surface area contributed by atoms with Crippen LogP contribution in [0.15, 0.2) is 92.2 Å². The van der Waals surface area contributed by atoms with Crippen LogP contribution in [0.4, 0.5) is 4.39 Å². The number of benzene rings is 3. The van der Waals surface area contributed by atoms with Crippen LogP contribution in [-0.4, -0.2) is 9.97 Å². The second kappa shape index (κ2) is 11.7. The summed E-state index contributed by atoms with van der Waals surface area (Å²) in [7, 11) is 0. The molecule has 184 valence electrons. The molecule has 0 spiro atoms. The van der Waals surface area contributed by atoms with E-state index in [1.165, 1.54) is 43.9 Å². The largest absolute Gasteiger partial charge is 0.404 e. The molecule has 1 fully saturated rings. The summed E-state index contributed by atoms with van der Waals surface area (Å²) in [6.45, 7) is 9.04. The predicted molar refractivity (Wildman–Crippen MR) is 151 cm³/mol. The third-order valence-electron chi connectivity index (χ3n) is 6.76. The minimum absolute atomic E-state index is 0.295. The molecule has 0 atom stereocenters. The minimum atomic E-state index is -0.295. The molecule has 0 amide bonds. The molecule has 3 aromatic carbocycles. The molecular formula is C32H34FN3. The van der Waals surface area contributed by atoms with Crippen molar-refractivity contribution in [1.82, 2.24) is 9.97 Å². The topological polar surface area (TPSA) is 54.7 Å². The maximum Gasteiger partial charge on any atom is 0.141 e. The van der Waals surface area contributed by atoms with Crippen LogP contribution in [0.2, 0.25) is 0 Å². The first kappa shape index (κ1) is 25.2. The van der Waals surface area contributed by atoms with Gasteiger partial charge in [0, 0.05) is 6.20 Å². The summed E-state index contributed by atoms with van der Waals surface area (Å²) in [5.41, 5.74) is 12.8. The van der Waals surface area contributed by atoms with Gasteiger partial charge in [0.05, 0.1) is 16.6 Å². The molecule has 1 aliphatic carbocycles. The SMILES string of the molecule is C=C/C(=C\N)c1ccc2nc(-c3ccc(-c4ccc(C5CCCCC5)cc4)cc3F)[nH]c2c1.C=CC. The van der Waals surface area contributed by atoms with Gasteiger partial charge in [0.25, 0.3) is 0 Å². The van der Waals surface area contributed by atoms with Gasteiger partial charge >= 0.3 is 0 Å². The molecule has 0 bridgehead atoms. The van der Waals surface area contributed by atoms with Crippen LogP contribution in [-0.2, 0) is 0 Å². The van der Waals surface area contributed by atoms with E-state index >= 15 is 4.39 Å². The van der Waals surface area contributed by atoms with Crippen molar-refractivity contribution in [2.45, 2.75) is 44.9 Å². The quantitative estimate of drug-likeness (QED) is 0.222. The van der Waals surface area contributed by atoms with E-state index in [-0.39, 0.29) is 5.82 Å². The van der Waals surface area contributed by atoms with Gasteiger partial charge in [-0.15, -0.1) is 6.58 Å². The number of aromatic amines is 1. The molecule has 4 heteroatoms. The lowest BCUT2D eigenvalue weighted by atomic mass is 9.83. The van der Waals surface area contributed by atoms with Crippen molar-refractivity contribution < 1.29 is 4.39 Å². The maximum atomic E-state index is 15.1. The number of halogens is 1. The number of nitrogens with two attached hydrogens (primary N) is 1. The highest BCUT2D eigenvalue weighted by atomic mass is 19.1. The zero-order valence-corrected chi connectivity index (χ0v) is 20.9. The van der Waals surface area contributed by atoms with Crippen molar-refractivity contribution in [3.63, 3.8) is 0 Å². The third-order valence-corrected chi connectivity index (χ3v) is 6.76. The molecule has 1 saturated carbocycles. The summed E-state index contributed by atoms with van der Waals surface area (Å²) < 4.78 is 15.1. The highest BCUT2D eigenvalue weighted by Gasteiger charge is 2.16. The fourth-order valence-corrected chi connectivity index (χ4v) is 4.87. The first-order valence-corrected chi connectivity index (χ1v) is 12.6. The number of aromatic nitrogens is 2. The normalized spacial score (nSPS) is 14.2. The lowest BCUT2D eigenvalue weighted by Crippen LogP contribution is -2.04. The number of fused-ring (bicyclic) bond motifs is 1. The average molecular weight is 480 g/mol. The van der Waals surface area contributed by atoms with Crippen LogP contribution in [0.25, 0.3) is 39.1 Å². The number of nitrogens with one attached hydrogen (secondary N) is 1. The van der Waals surface area contributed by atoms with E-state index in [9.17, 15) is 0 Å². The first-order chi connectivity index (χ1) is 17.6. The van der Waals surface area contributed by atoms with Crippen molar-refractivity contribution in [3.05, 3.63) is 109 Å². The Morgan fingerprint density at radius 2 is 1.67 bits per heavy atom. The van der Waals surface area contributed by atoms with E-state index in [4.69, 9.17) is 5.73 Å². The molecule has 3 nitrogen and oxygen atoms in total. The van der Waals surface area contributed by atoms with Crippen LogP contribution in [0, 0.1) is 5.82 Å². The number of imidazole rings is 1. The Bertz CT molecular complexity index is 1370. The number of nitrogens with zero attached hydrogens (tertiary/aromatic N) is 1. The molecule has 0 radical (unpaired) electrons. The van der Waals surface area contributed by atoms with E-state index in [1.54, 1.807) is 24.3 Å². The van der Waals surface area contributed by atoms with Crippen LogP contribution in [0.5, 0.6) is 0 Å². The summed E-state index contributed by atoms with van der Waals surface area (Å²) in [5, 5.41) is 0. The summed E-state index contributed by atoms with van der Waals surface area (Å²) in [4.78, 5) is 7.84. The number of rotatable bonds is 5. The molecule has 1 heterocycles. The van der Waals surface area contributed by atoms with Gasteiger partial charge in [0.15, 0.2) is 0 Å².